The maximum Gasteiger partial charge on any atom is 0.364 e. The lowest BCUT2D eigenvalue weighted by Gasteiger charge is -2.05. The molecule has 2 aromatic heterocycles. The molecule has 1 fully saturated rings. The van der Waals surface area contributed by atoms with Crippen LogP contribution in [0, 0.1) is 6.92 Å². The van der Waals surface area contributed by atoms with Crippen LogP contribution < -0.4 is 10.8 Å². The van der Waals surface area contributed by atoms with Gasteiger partial charge in [0, 0.05) is 7.05 Å². The molecule has 0 aliphatic heterocycles. The average Bonchev–Trinajstić information content (AvgIpc) is 3.13. The fourth-order valence-electron chi connectivity index (χ4n) is 3.04. The fraction of sp³-hybridized carbons (Fsp3) is 0.667. The van der Waals surface area contributed by atoms with Crippen LogP contribution in [-0.4, -0.2) is 38.0 Å². The highest BCUT2D eigenvalue weighted by molar-refractivity contribution is 7.89. The van der Waals surface area contributed by atoms with Gasteiger partial charge in [-0.3, -0.25) is 4.68 Å². The summed E-state index contributed by atoms with van der Waals surface area (Å²) in [6, 6.07) is 0.0689. The Hall–Kier alpha value is -2.01. The van der Waals surface area contributed by atoms with Gasteiger partial charge in [0.15, 0.2) is 0 Å². The Morgan fingerprint density at radius 1 is 1.26 bits per heavy atom. The second-order valence-corrected chi connectivity index (χ2v) is 7.33. The molecular formula is C12H19N7O3S. The third-order valence-corrected chi connectivity index (χ3v) is 5.36. The number of hydrogen-bond acceptors (Lipinski definition) is 6. The van der Waals surface area contributed by atoms with E-state index in [1.54, 1.807) is 14.0 Å². The lowest BCUT2D eigenvalue weighted by molar-refractivity contribution is 0.441. The van der Waals surface area contributed by atoms with E-state index in [9.17, 15) is 13.2 Å². The molecule has 0 spiro atoms. The monoisotopic (exact) mass is 341 g/mol. The van der Waals surface area contributed by atoms with Gasteiger partial charge < -0.3 is 0 Å². The van der Waals surface area contributed by atoms with Crippen LogP contribution in [0.1, 0.15) is 43.1 Å². The molecule has 0 saturated heterocycles. The summed E-state index contributed by atoms with van der Waals surface area (Å²) < 4.78 is 27.5. The van der Waals surface area contributed by atoms with Gasteiger partial charge in [-0.15, -0.1) is 0 Å². The number of hydrogen-bond donors (Lipinski definition) is 1. The minimum absolute atomic E-state index is 0.0673. The third-order valence-electron chi connectivity index (χ3n) is 4.26. The standard InChI is InChI=1S/C12H19N7O3S/c1-8-11(23(13,21)22)10(14-17(8)2)7-18-12(20)19(16-15-18)9-5-3-4-6-9/h9H,3-7H2,1-2H3,(H2,13,21,22). The third kappa shape index (κ3) is 2.81. The van der Waals surface area contributed by atoms with Crippen molar-refractivity contribution in [3.63, 3.8) is 0 Å². The van der Waals surface area contributed by atoms with Crippen LogP contribution in [0.15, 0.2) is 9.69 Å². The zero-order valence-electron chi connectivity index (χ0n) is 13.0. The zero-order valence-corrected chi connectivity index (χ0v) is 13.8. The second-order valence-electron chi connectivity index (χ2n) is 5.83. The zero-order chi connectivity index (χ0) is 16.8. The van der Waals surface area contributed by atoms with E-state index >= 15 is 0 Å². The quantitative estimate of drug-likeness (QED) is 0.782. The molecule has 2 N–H and O–H groups in total. The van der Waals surface area contributed by atoms with Gasteiger partial charge in [-0.25, -0.2) is 18.4 Å². The van der Waals surface area contributed by atoms with Crippen LogP contribution in [-0.2, 0) is 23.6 Å². The van der Waals surface area contributed by atoms with Gasteiger partial charge in [0.05, 0.1) is 18.3 Å². The van der Waals surface area contributed by atoms with Crippen molar-refractivity contribution < 1.29 is 8.42 Å². The molecule has 2 aromatic rings. The SMILES string of the molecule is Cc1c(S(N)(=O)=O)c(Cn2nnn(C3CCCC3)c2=O)nn1C. The van der Waals surface area contributed by atoms with Gasteiger partial charge in [0.25, 0.3) is 0 Å². The Kier molecular flexibility index (Phi) is 3.84. The molecular weight excluding hydrogens is 322 g/mol. The predicted octanol–water partition coefficient (Wildman–Crippen LogP) is -0.707. The summed E-state index contributed by atoms with van der Waals surface area (Å²) in [6.07, 6.45) is 3.95. The molecule has 1 aliphatic carbocycles. The van der Waals surface area contributed by atoms with Gasteiger partial charge in [0.2, 0.25) is 10.0 Å². The Morgan fingerprint density at radius 2 is 1.91 bits per heavy atom. The maximum absolute atomic E-state index is 12.4. The summed E-state index contributed by atoms with van der Waals surface area (Å²) in [5.41, 5.74) is 0.243. The highest BCUT2D eigenvalue weighted by Crippen LogP contribution is 2.27. The molecule has 10 nitrogen and oxygen atoms in total. The molecule has 0 atom stereocenters. The number of sulfonamides is 1. The molecule has 1 saturated carbocycles. The van der Waals surface area contributed by atoms with Gasteiger partial charge in [-0.2, -0.15) is 14.5 Å². The van der Waals surface area contributed by atoms with E-state index in [0.29, 0.717) is 5.69 Å². The van der Waals surface area contributed by atoms with E-state index in [-0.39, 0.29) is 28.9 Å². The Balaban J connectivity index is 1.98. The number of aromatic nitrogens is 6. The lowest BCUT2D eigenvalue weighted by Crippen LogP contribution is -2.28. The molecule has 0 unspecified atom stereocenters. The van der Waals surface area contributed by atoms with Crippen LogP contribution in [0.5, 0.6) is 0 Å². The van der Waals surface area contributed by atoms with E-state index in [4.69, 9.17) is 5.14 Å². The van der Waals surface area contributed by atoms with E-state index in [2.05, 4.69) is 15.5 Å². The molecule has 0 aromatic carbocycles. The lowest BCUT2D eigenvalue weighted by atomic mass is 10.3. The number of nitrogens with zero attached hydrogens (tertiary/aromatic N) is 6. The van der Waals surface area contributed by atoms with Crippen molar-refractivity contribution in [2.75, 3.05) is 0 Å². The smallest absolute Gasteiger partial charge is 0.271 e. The van der Waals surface area contributed by atoms with Gasteiger partial charge >= 0.3 is 5.69 Å². The first-order chi connectivity index (χ1) is 10.8. The van der Waals surface area contributed by atoms with Crippen LogP contribution >= 0.6 is 0 Å². The average molecular weight is 341 g/mol. The number of primary sulfonamides is 1. The number of tetrazole rings is 1. The molecule has 3 rings (SSSR count). The number of nitrogens with two attached hydrogens (primary N) is 1. The van der Waals surface area contributed by atoms with Crippen molar-refractivity contribution >= 4 is 10.0 Å². The normalized spacial score (nSPS) is 16.3. The summed E-state index contributed by atoms with van der Waals surface area (Å²) in [4.78, 5) is 12.3. The molecule has 0 amide bonds. The first-order valence-corrected chi connectivity index (χ1v) is 8.91. The highest BCUT2D eigenvalue weighted by Gasteiger charge is 2.25. The predicted molar refractivity (Wildman–Crippen MR) is 80.2 cm³/mol. The molecule has 11 heteroatoms. The van der Waals surface area contributed by atoms with Crippen molar-refractivity contribution in [2.45, 2.75) is 50.1 Å². The summed E-state index contributed by atoms with van der Waals surface area (Å²) in [7, 11) is -2.32. The molecule has 2 heterocycles. The van der Waals surface area contributed by atoms with E-state index in [0.717, 1.165) is 30.4 Å². The Labute approximate surface area is 132 Å². The maximum atomic E-state index is 12.4. The van der Waals surface area contributed by atoms with Gasteiger partial charge in [-0.05, 0) is 30.2 Å². The highest BCUT2D eigenvalue weighted by atomic mass is 32.2. The number of rotatable bonds is 4. The fourth-order valence-corrected chi connectivity index (χ4v) is 4.01. The Morgan fingerprint density at radius 3 is 2.52 bits per heavy atom. The minimum atomic E-state index is -3.94. The van der Waals surface area contributed by atoms with Crippen LogP contribution in [0.3, 0.4) is 0 Å². The van der Waals surface area contributed by atoms with Crippen LogP contribution in [0.4, 0.5) is 0 Å². The minimum Gasteiger partial charge on any atom is -0.271 e. The largest absolute Gasteiger partial charge is 0.364 e. The van der Waals surface area contributed by atoms with E-state index < -0.39 is 10.0 Å². The van der Waals surface area contributed by atoms with Crippen LogP contribution in [0.25, 0.3) is 0 Å². The van der Waals surface area contributed by atoms with Crippen molar-refractivity contribution in [3.05, 3.63) is 21.9 Å². The summed E-state index contributed by atoms with van der Waals surface area (Å²) >= 11 is 0. The van der Waals surface area contributed by atoms with E-state index in [1.807, 2.05) is 0 Å². The van der Waals surface area contributed by atoms with Gasteiger partial charge in [-0.1, -0.05) is 12.8 Å². The second kappa shape index (κ2) is 5.57. The first-order valence-electron chi connectivity index (χ1n) is 7.36. The molecule has 0 bridgehead atoms. The topological polar surface area (TPSA) is 131 Å². The molecule has 126 valence electrons. The Bertz CT molecular complexity index is 886. The van der Waals surface area contributed by atoms with Crippen LogP contribution in [0.2, 0.25) is 0 Å². The molecule has 0 radical (unpaired) electrons. The first kappa shape index (κ1) is 15.9. The molecule has 23 heavy (non-hydrogen) atoms. The summed E-state index contributed by atoms with van der Waals surface area (Å²) in [5, 5.41) is 17.2. The summed E-state index contributed by atoms with van der Waals surface area (Å²) in [5.74, 6) is 0. The van der Waals surface area contributed by atoms with Crippen molar-refractivity contribution in [2.24, 2.45) is 12.2 Å². The molecule has 1 aliphatic rings. The summed E-state index contributed by atoms with van der Waals surface area (Å²) in [6.45, 7) is 1.52. The van der Waals surface area contributed by atoms with Gasteiger partial charge in [0.1, 0.15) is 10.6 Å². The van der Waals surface area contributed by atoms with Crippen molar-refractivity contribution in [1.29, 1.82) is 0 Å². The van der Waals surface area contributed by atoms with Crippen molar-refractivity contribution in [1.82, 2.24) is 29.6 Å². The van der Waals surface area contributed by atoms with E-state index in [1.165, 1.54) is 9.36 Å². The van der Waals surface area contributed by atoms with Crippen molar-refractivity contribution in [3.8, 4) is 0 Å². The number of aryl methyl sites for hydroxylation is 1.